The van der Waals surface area contributed by atoms with Crippen molar-refractivity contribution in [1.82, 2.24) is 4.57 Å². The molecule has 0 saturated carbocycles. The largest absolute Gasteiger partial charge is 0.493 e. The van der Waals surface area contributed by atoms with E-state index in [0.717, 1.165) is 10.2 Å². The fraction of sp³-hybridized carbons (Fsp3) is 0.286. The first-order chi connectivity index (χ1) is 9.60. The highest BCUT2D eigenvalue weighted by Crippen LogP contribution is 2.33. The maximum atomic E-state index is 11.2. The lowest BCUT2D eigenvalue weighted by atomic mass is 10.3. The molecule has 20 heavy (non-hydrogen) atoms. The molecule has 6 heteroatoms. The topological polar surface area (TPSA) is 52.8 Å². The molecule has 1 aromatic heterocycles. The Balaban J connectivity index is 2.81. The molecule has 0 unspecified atom stereocenters. The van der Waals surface area contributed by atoms with Gasteiger partial charge in [0, 0.05) is 19.1 Å². The molecule has 0 atom stereocenters. The minimum Gasteiger partial charge on any atom is -0.493 e. The van der Waals surface area contributed by atoms with Gasteiger partial charge in [0.1, 0.15) is 0 Å². The summed E-state index contributed by atoms with van der Waals surface area (Å²) in [5, 5.41) is 0. The highest BCUT2D eigenvalue weighted by molar-refractivity contribution is 7.16. The van der Waals surface area contributed by atoms with Crippen LogP contribution in [0.25, 0.3) is 10.2 Å². The standard InChI is InChI=1S/C14H14N2O3S/c1-5-6-16-10-7-11(18-3)12(19-4)8-13(10)20-14(16)15-9(2)17/h1,7-8H,6H2,2-4H3. The summed E-state index contributed by atoms with van der Waals surface area (Å²) in [4.78, 5) is 15.8. The zero-order chi connectivity index (χ0) is 14.7. The number of carbonyl (C=O) groups is 1. The zero-order valence-electron chi connectivity index (χ0n) is 11.5. The smallest absolute Gasteiger partial charge is 0.245 e. The molecular formula is C14H14N2O3S. The van der Waals surface area contributed by atoms with Crippen molar-refractivity contribution in [2.75, 3.05) is 14.2 Å². The average molecular weight is 290 g/mol. The first-order valence-corrected chi connectivity index (χ1v) is 6.66. The summed E-state index contributed by atoms with van der Waals surface area (Å²) in [5.41, 5.74) is 0.866. The summed E-state index contributed by atoms with van der Waals surface area (Å²) in [5.74, 6) is 3.54. The van der Waals surface area contributed by atoms with E-state index < -0.39 is 0 Å². The van der Waals surface area contributed by atoms with Gasteiger partial charge in [-0.3, -0.25) is 4.79 Å². The second-order valence-electron chi connectivity index (χ2n) is 3.98. The Morgan fingerprint density at radius 1 is 1.40 bits per heavy atom. The molecule has 1 amide bonds. The Morgan fingerprint density at radius 2 is 2.05 bits per heavy atom. The molecule has 0 bridgehead atoms. The normalized spacial score (nSPS) is 11.4. The van der Waals surface area contributed by atoms with Crippen molar-refractivity contribution in [3.8, 4) is 23.8 Å². The van der Waals surface area contributed by atoms with Crippen molar-refractivity contribution >= 4 is 27.5 Å². The van der Waals surface area contributed by atoms with Crippen molar-refractivity contribution in [3.63, 3.8) is 0 Å². The summed E-state index contributed by atoms with van der Waals surface area (Å²) in [7, 11) is 3.15. The van der Waals surface area contributed by atoms with Crippen LogP contribution in [-0.2, 0) is 11.3 Å². The minimum absolute atomic E-state index is 0.263. The van der Waals surface area contributed by atoms with Crippen molar-refractivity contribution in [3.05, 3.63) is 16.9 Å². The monoisotopic (exact) mass is 290 g/mol. The van der Waals surface area contributed by atoms with Crippen LogP contribution in [0, 0.1) is 12.3 Å². The Labute approximate surface area is 120 Å². The zero-order valence-corrected chi connectivity index (χ0v) is 12.3. The van der Waals surface area contributed by atoms with Gasteiger partial charge in [-0.15, -0.1) is 6.42 Å². The lowest BCUT2D eigenvalue weighted by Crippen LogP contribution is -2.15. The van der Waals surface area contributed by atoms with Gasteiger partial charge in [0.25, 0.3) is 0 Å². The second-order valence-corrected chi connectivity index (χ2v) is 4.99. The SMILES string of the molecule is C#CCn1c(=NC(C)=O)sc2cc(OC)c(OC)cc21. The quantitative estimate of drug-likeness (QED) is 0.810. The summed E-state index contributed by atoms with van der Waals surface area (Å²) in [6.07, 6.45) is 5.39. The highest BCUT2D eigenvalue weighted by atomic mass is 32.1. The van der Waals surface area contributed by atoms with Crippen LogP contribution in [0.5, 0.6) is 11.5 Å². The number of methoxy groups -OCH3 is 2. The van der Waals surface area contributed by atoms with Crippen molar-refractivity contribution in [1.29, 1.82) is 0 Å². The van der Waals surface area contributed by atoms with Crippen molar-refractivity contribution < 1.29 is 14.3 Å². The molecule has 0 aliphatic rings. The van der Waals surface area contributed by atoms with Gasteiger partial charge < -0.3 is 14.0 Å². The number of amides is 1. The molecule has 5 nitrogen and oxygen atoms in total. The third-order valence-electron chi connectivity index (χ3n) is 2.69. The van der Waals surface area contributed by atoms with E-state index in [1.165, 1.54) is 18.3 Å². The first kappa shape index (κ1) is 14.2. The van der Waals surface area contributed by atoms with Gasteiger partial charge in [0.2, 0.25) is 5.91 Å². The van der Waals surface area contributed by atoms with Crippen LogP contribution >= 0.6 is 11.3 Å². The molecule has 2 rings (SSSR count). The lowest BCUT2D eigenvalue weighted by molar-refractivity contribution is -0.116. The fourth-order valence-electron chi connectivity index (χ4n) is 1.86. The number of benzene rings is 1. The number of thiazole rings is 1. The number of carbonyl (C=O) groups excluding carboxylic acids is 1. The predicted molar refractivity (Wildman–Crippen MR) is 78.0 cm³/mol. The number of hydrogen-bond acceptors (Lipinski definition) is 4. The van der Waals surface area contributed by atoms with E-state index in [1.54, 1.807) is 14.2 Å². The minimum atomic E-state index is -0.263. The van der Waals surface area contributed by atoms with Crippen LogP contribution in [0.4, 0.5) is 0 Å². The van der Waals surface area contributed by atoms with E-state index in [2.05, 4.69) is 10.9 Å². The van der Waals surface area contributed by atoms with Crippen LogP contribution in [0.2, 0.25) is 0 Å². The molecule has 104 valence electrons. The summed E-state index contributed by atoms with van der Waals surface area (Å²) < 4.78 is 13.3. The molecule has 1 aromatic carbocycles. The maximum Gasteiger partial charge on any atom is 0.245 e. The van der Waals surface area contributed by atoms with E-state index in [0.29, 0.717) is 22.8 Å². The molecule has 0 aliphatic heterocycles. The predicted octanol–water partition coefficient (Wildman–Crippen LogP) is 1.80. The Morgan fingerprint density at radius 3 is 2.60 bits per heavy atom. The third kappa shape index (κ3) is 2.53. The number of rotatable bonds is 3. The number of hydrogen-bond donors (Lipinski definition) is 0. The molecule has 2 aromatic rings. The van der Waals surface area contributed by atoms with E-state index >= 15 is 0 Å². The van der Waals surface area contributed by atoms with Gasteiger partial charge >= 0.3 is 0 Å². The fourth-order valence-corrected chi connectivity index (χ4v) is 2.94. The van der Waals surface area contributed by atoms with Crippen molar-refractivity contribution in [2.24, 2.45) is 4.99 Å². The number of fused-ring (bicyclic) bond motifs is 1. The molecule has 0 radical (unpaired) electrons. The van der Waals surface area contributed by atoms with Crippen LogP contribution in [0.15, 0.2) is 17.1 Å². The average Bonchev–Trinajstić information content (AvgIpc) is 2.74. The molecule has 0 N–H and O–H groups in total. The van der Waals surface area contributed by atoms with Gasteiger partial charge in [0.15, 0.2) is 16.3 Å². The van der Waals surface area contributed by atoms with Crippen LogP contribution in [0.3, 0.4) is 0 Å². The van der Waals surface area contributed by atoms with E-state index in [9.17, 15) is 4.79 Å². The molecule has 0 saturated heterocycles. The highest BCUT2D eigenvalue weighted by Gasteiger charge is 2.12. The van der Waals surface area contributed by atoms with Crippen LogP contribution in [-0.4, -0.2) is 24.7 Å². The lowest BCUT2D eigenvalue weighted by Gasteiger charge is -2.08. The molecule has 1 heterocycles. The van der Waals surface area contributed by atoms with Crippen LogP contribution in [0.1, 0.15) is 6.92 Å². The van der Waals surface area contributed by atoms with Gasteiger partial charge in [-0.2, -0.15) is 4.99 Å². The van der Waals surface area contributed by atoms with E-state index in [1.807, 2.05) is 16.7 Å². The molecule has 0 fully saturated rings. The Kier molecular flexibility index (Phi) is 4.11. The molecule has 0 spiro atoms. The number of ether oxygens (including phenoxy) is 2. The third-order valence-corrected chi connectivity index (χ3v) is 3.73. The molecular weight excluding hydrogens is 276 g/mol. The number of terminal acetylenes is 1. The second kappa shape index (κ2) is 5.80. The number of nitrogens with zero attached hydrogens (tertiary/aromatic N) is 2. The Bertz CT molecular complexity index is 765. The van der Waals surface area contributed by atoms with Gasteiger partial charge in [-0.1, -0.05) is 17.3 Å². The number of aromatic nitrogens is 1. The summed E-state index contributed by atoms with van der Waals surface area (Å²) in [6.45, 7) is 1.74. The summed E-state index contributed by atoms with van der Waals surface area (Å²) in [6, 6.07) is 3.69. The Hall–Kier alpha value is -2.26. The van der Waals surface area contributed by atoms with Crippen molar-refractivity contribution in [2.45, 2.75) is 13.5 Å². The van der Waals surface area contributed by atoms with Crippen LogP contribution < -0.4 is 14.3 Å². The van der Waals surface area contributed by atoms with E-state index in [4.69, 9.17) is 15.9 Å². The maximum absolute atomic E-state index is 11.2. The van der Waals surface area contributed by atoms with Gasteiger partial charge in [-0.05, 0) is 0 Å². The van der Waals surface area contributed by atoms with Gasteiger partial charge in [0.05, 0.1) is 31.0 Å². The molecule has 0 aliphatic carbocycles. The van der Waals surface area contributed by atoms with Gasteiger partial charge in [-0.25, -0.2) is 0 Å². The summed E-state index contributed by atoms with van der Waals surface area (Å²) >= 11 is 1.39. The van der Waals surface area contributed by atoms with E-state index in [-0.39, 0.29) is 5.91 Å². The first-order valence-electron chi connectivity index (χ1n) is 5.84.